The summed E-state index contributed by atoms with van der Waals surface area (Å²) >= 11 is 12.1. The molecular formula is C17H12Cl2N2O. The van der Waals surface area contributed by atoms with E-state index < -0.39 is 5.91 Å². The van der Waals surface area contributed by atoms with Gasteiger partial charge in [0.15, 0.2) is 0 Å². The Morgan fingerprint density at radius 3 is 2.36 bits per heavy atom. The van der Waals surface area contributed by atoms with Crippen molar-refractivity contribution >= 4 is 40.9 Å². The van der Waals surface area contributed by atoms with E-state index in [-0.39, 0.29) is 5.57 Å². The Kier molecular flexibility index (Phi) is 5.21. The van der Waals surface area contributed by atoms with Gasteiger partial charge in [0.25, 0.3) is 5.91 Å². The Bertz CT molecular complexity index is 771. The zero-order valence-corrected chi connectivity index (χ0v) is 13.2. The second-order valence-corrected chi connectivity index (χ2v) is 5.39. The fraction of sp³-hybridized carbons (Fsp3) is 0.0588. The number of halogens is 2. The first-order chi connectivity index (χ1) is 10.5. The molecule has 3 nitrogen and oxygen atoms in total. The Labute approximate surface area is 138 Å². The maximum Gasteiger partial charge on any atom is 0.266 e. The van der Waals surface area contributed by atoms with Crippen molar-refractivity contribution in [2.24, 2.45) is 0 Å². The lowest BCUT2D eigenvalue weighted by molar-refractivity contribution is -0.112. The molecule has 110 valence electrons. The number of carbonyl (C=O) groups excluding carboxylic acids is 1. The van der Waals surface area contributed by atoms with Gasteiger partial charge >= 0.3 is 0 Å². The molecule has 0 aliphatic rings. The molecule has 0 atom stereocenters. The summed E-state index contributed by atoms with van der Waals surface area (Å²) in [5.74, 6) is -0.507. The van der Waals surface area contributed by atoms with Crippen LogP contribution in [0.2, 0.25) is 10.0 Å². The van der Waals surface area contributed by atoms with Crippen molar-refractivity contribution in [3.05, 3.63) is 69.2 Å². The Morgan fingerprint density at radius 2 is 1.77 bits per heavy atom. The Morgan fingerprint density at radius 1 is 1.14 bits per heavy atom. The van der Waals surface area contributed by atoms with Gasteiger partial charge in [-0.2, -0.15) is 5.26 Å². The van der Waals surface area contributed by atoms with E-state index in [1.165, 1.54) is 6.08 Å². The summed E-state index contributed by atoms with van der Waals surface area (Å²) in [7, 11) is 0. The number of rotatable bonds is 3. The van der Waals surface area contributed by atoms with E-state index in [1.807, 2.05) is 31.2 Å². The second-order valence-electron chi connectivity index (χ2n) is 4.57. The Balaban J connectivity index is 2.33. The van der Waals surface area contributed by atoms with E-state index in [2.05, 4.69) is 5.32 Å². The van der Waals surface area contributed by atoms with Gasteiger partial charge in [-0.1, -0.05) is 47.5 Å². The number of amides is 1. The first-order valence-corrected chi connectivity index (χ1v) is 7.21. The highest BCUT2D eigenvalue weighted by atomic mass is 35.5. The van der Waals surface area contributed by atoms with Crippen LogP contribution in [0.4, 0.5) is 5.69 Å². The molecule has 0 heterocycles. The number of para-hydroxylation sites is 1. The molecule has 2 aromatic rings. The lowest BCUT2D eigenvalue weighted by atomic mass is 10.1. The highest BCUT2D eigenvalue weighted by Gasteiger charge is 2.12. The van der Waals surface area contributed by atoms with Crippen molar-refractivity contribution in [3.8, 4) is 6.07 Å². The molecule has 0 aromatic heterocycles. The third-order valence-corrected chi connectivity index (χ3v) is 3.71. The lowest BCUT2D eigenvalue weighted by Gasteiger charge is -2.08. The smallest absolute Gasteiger partial charge is 0.266 e. The summed E-state index contributed by atoms with van der Waals surface area (Å²) in [6, 6.07) is 14.2. The first-order valence-electron chi connectivity index (χ1n) is 6.45. The van der Waals surface area contributed by atoms with Gasteiger partial charge in [0.1, 0.15) is 11.6 Å². The summed E-state index contributed by atoms with van der Waals surface area (Å²) in [6.07, 6.45) is 1.39. The minimum atomic E-state index is -0.507. The van der Waals surface area contributed by atoms with Crippen LogP contribution in [0.3, 0.4) is 0 Å². The van der Waals surface area contributed by atoms with Crippen LogP contribution < -0.4 is 5.32 Å². The first kappa shape index (κ1) is 16.1. The second kappa shape index (κ2) is 7.13. The number of anilines is 1. The van der Waals surface area contributed by atoms with E-state index in [1.54, 1.807) is 24.3 Å². The minimum Gasteiger partial charge on any atom is -0.321 e. The minimum absolute atomic E-state index is 0.0711. The molecule has 5 heteroatoms. The number of carbonyl (C=O) groups is 1. The summed E-state index contributed by atoms with van der Waals surface area (Å²) in [5, 5.41) is 12.7. The number of benzene rings is 2. The van der Waals surface area contributed by atoms with Gasteiger partial charge in [-0.15, -0.1) is 0 Å². The summed E-state index contributed by atoms with van der Waals surface area (Å²) < 4.78 is 0. The SMILES string of the molecule is Cc1ccccc1NC(=O)/C(C#N)=C/c1c(Cl)cccc1Cl. The molecule has 0 fully saturated rings. The molecule has 0 spiro atoms. The lowest BCUT2D eigenvalue weighted by Crippen LogP contribution is -2.14. The standard InChI is InChI=1S/C17H12Cl2N2O/c1-11-5-2-3-8-16(11)21-17(22)12(10-20)9-13-14(18)6-4-7-15(13)19/h2-9H,1H3,(H,21,22)/b12-9+. The van der Waals surface area contributed by atoms with Crippen LogP contribution in [0, 0.1) is 18.3 Å². The maximum absolute atomic E-state index is 12.2. The predicted molar refractivity (Wildman–Crippen MR) is 89.9 cm³/mol. The van der Waals surface area contributed by atoms with Crippen molar-refractivity contribution in [2.75, 3.05) is 5.32 Å². The average molecular weight is 331 g/mol. The summed E-state index contributed by atoms with van der Waals surface area (Å²) in [4.78, 5) is 12.2. The van der Waals surface area contributed by atoms with Crippen molar-refractivity contribution < 1.29 is 4.79 Å². The Hall–Kier alpha value is -2.28. The summed E-state index contributed by atoms with van der Waals surface area (Å²) in [6.45, 7) is 1.87. The zero-order valence-electron chi connectivity index (χ0n) is 11.7. The van der Waals surface area contributed by atoms with E-state index in [4.69, 9.17) is 23.2 Å². The fourth-order valence-electron chi connectivity index (χ4n) is 1.84. The van der Waals surface area contributed by atoms with E-state index in [0.29, 0.717) is 21.3 Å². The third kappa shape index (κ3) is 3.67. The molecule has 2 rings (SSSR count). The van der Waals surface area contributed by atoms with Crippen molar-refractivity contribution in [1.29, 1.82) is 5.26 Å². The number of nitrogens with one attached hydrogen (secondary N) is 1. The molecule has 2 aromatic carbocycles. The molecule has 0 saturated heterocycles. The molecule has 1 N–H and O–H groups in total. The van der Waals surface area contributed by atoms with Gasteiger partial charge in [0.2, 0.25) is 0 Å². The molecule has 0 aliphatic heterocycles. The van der Waals surface area contributed by atoms with E-state index in [9.17, 15) is 10.1 Å². The van der Waals surface area contributed by atoms with Crippen molar-refractivity contribution in [1.82, 2.24) is 0 Å². The fourth-order valence-corrected chi connectivity index (χ4v) is 2.35. The van der Waals surface area contributed by atoms with Crippen molar-refractivity contribution in [2.45, 2.75) is 6.92 Å². The van der Waals surface area contributed by atoms with Crippen LogP contribution in [-0.4, -0.2) is 5.91 Å². The molecule has 1 amide bonds. The van der Waals surface area contributed by atoms with Gasteiger partial charge in [-0.05, 0) is 36.8 Å². The maximum atomic E-state index is 12.2. The van der Waals surface area contributed by atoms with Crippen LogP contribution in [0.5, 0.6) is 0 Å². The van der Waals surface area contributed by atoms with Gasteiger partial charge in [0.05, 0.1) is 0 Å². The van der Waals surface area contributed by atoms with Gasteiger partial charge in [0, 0.05) is 21.3 Å². The van der Waals surface area contributed by atoms with Crippen LogP contribution in [0.15, 0.2) is 48.0 Å². The quantitative estimate of drug-likeness (QED) is 0.646. The van der Waals surface area contributed by atoms with Crippen molar-refractivity contribution in [3.63, 3.8) is 0 Å². The van der Waals surface area contributed by atoms with Crippen LogP contribution in [0.1, 0.15) is 11.1 Å². The summed E-state index contributed by atoms with van der Waals surface area (Å²) in [5.41, 5.74) is 1.93. The monoisotopic (exact) mass is 330 g/mol. The van der Waals surface area contributed by atoms with Crippen LogP contribution >= 0.6 is 23.2 Å². The normalized spacial score (nSPS) is 10.9. The average Bonchev–Trinajstić information content (AvgIpc) is 2.49. The van der Waals surface area contributed by atoms with E-state index >= 15 is 0 Å². The van der Waals surface area contributed by atoms with Crippen LogP contribution in [-0.2, 0) is 4.79 Å². The number of nitrogens with zero attached hydrogens (tertiary/aromatic N) is 1. The predicted octanol–water partition coefficient (Wildman–Crippen LogP) is 4.85. The molecule has 22 heavy (non-hydrogen) atoms. The molecule has 0 radical (unpaired) electrons. The number of nitriles is 1. The molecule has 0 aliphatic carbocycles. The molecular weight excluding hydrogens is 319 g/mol. The molecule has 0 saturated carbocycles. The number of hydrogen-bond donors (Lipinski definition) is 1. The molecule has 0 unspecified atom stereocenters. The van der Waals surface area contributed by atoms with E-state index in [0.717, 1.165) is 5.56 Å². The molecule has 0 bridgehead atoms. The van der Waals surface area contributed by atoms with Gasteiger partial charge < -0.3 is 5.32 Å². The van der Waals surface area contributed by atoms with Gasteiger partial charge in [-0.3, -0.25) is 4.79 Å². The zero-order chi connectivity index (χ0) is 16.1. The third-order valence-electron chi connectivity index (χ3n) is 3.05. The van der Waals surface area contributed by atoms with Gasteiger partial charge in [-0.25, -0.2) is 0 Å². The number of aryl methyl sites for hydroxylation is 1. The number of hydrogen-bond acceptors (Lipinski definition) is 2. The highest BCUT2D eigenvalue weighted by Crippen LogP contribution is 2.27. The highest BCUT2D eigenvalue weighted by molar-refractivity contribution is 6.37. The van der Waals surface area contributed by atoms with Crippen LogP contribution in [0.25, 0.3) is 6.08 Å². The largest absolute Gasteiger partial charge is 0.321 e. The topological polar surface area (TPSA) is 52.9 Å².